The summed E-state index contributed by atoms with van der Waals surface area (Å²) >= 11 is 10.9. The van der Waals surface area contributed by atoms with Crippen LogP contribution in [0.1, 0.15) is 52.0 Å². The molecule has 1 fully saturated rings. The normalized spacial score (nSPS) is 20.1. The van der Waals surface area contributed by atoms with Crippen LogP contribution in [0, 0.1) is 0 Å². The minimum Gasteiger partial charge on any atom is -0.598 e. The summed E-state index contributed by atoms with van der Waals surface area (Å²) in [5, 5.41) is 0.754. The summed E-state index contributed by atoms with van der Waals surface area (Å²) < 4.78 is 15.5. The fourth-order valence-corrected chi connectivity index (χ4v) is 3.94. The van der Waals surface area contributed by atoms with Crippen LogP contribution in [0.2, 0.25) is 10.3 Å². The molecule has 1 heterocycles. The first-order chi connectivity index (χ1) is 9.23. The van der Waals surface area contributed by atoms with Gasteiger partial charge in [-0.15, -0.1) is 4.72 Å². The van der Waals surface area contributed by atoms with E-state index >= 15 is 0 Å². The maximum Gasteiger partial charge on any atom is 0.136 e. The number of hydrogen-bond acceptors (Lipinski definition) is 3. The molecule has 20 heavy (non-hydrogen) atoms. The Kier molecular flexibility index (Phi) is 4.92. The highest BCUT2D eigenvalue weighted by molar-refractivity contribution is 7.90. The van der Waals surface area contributed by atoms with Crippen LogP contribution >= 0.6 is 23.2 Å². The Morgan fingerprint density at radius 1 is 1.20 bits per heavy atom. The van der Waals surface area contributed by atoms with Crippen LogP contribution in [0.15, 0.2) is 12.1 Å². The van der Waals surface area contributed by atoms with Gasteiger partial charge in [0, 0.05) is 11.4 Å². The lowest BCUT2D eigenvalue weighted by Crippen LogP contribution is -2.50. The van der Waals surface area contributed by atoms with Crippen LogP contribution in [-0.4, -0.2) is 14.3 Å². The van der Waals surface area contributed by atoms with Gasteiger partial charge < -0.3 is 4.55 Å². The Balaban J connectivity index is 2.34. The second-order valence-electron chi connectivity index (χ2n) is 6.27. The van der Waals surface area contributed by atoms with Gasteiger partial charge >= 0.3 is 0 Å². The first kappa shape index (κ1) is 16.4. The maximum absolute atomic E-state index is 12.5. The van der Waals surface area contributed by atoms with Crippen LogP contribution in [0.4, 0.5) is 0 Å². The molecule has 1 unspecified atom stereocenters. The predicted molar refractivity (Wildman–Crippen MR) is 85.4 cm³/mol. The van der Waals surface area contributed by atoms with Crippen molar-refractivity contribution in [3.05, 3.63) is 28.0 Å². The highest BCUT2D eigenvalue weighted by Gasteiger charge is 2.43. The van der Waals surface area contributed by atoms with Crippen molar-refractivity contribution in [1.82, 2.24) is 9.71 Å². The third-order valence-corrected chi connectivity index (χ3v) is 5.69. The highest BCUT2D eigenvalue weighted by atomic mass is 35.5. The van der Waals surface area contributed by atoms with Gasteiger partial charge in [-0.25, -0.2) is 4.98 Å². The van der Waals surface area contributed by atoms with Gasteiger partial charge in [-0.2, -0.15) is 0 Å². The lowest BCUT2D eigenvalue weighted by atomic mass is 9.90. The van der Waals surface area contributed by atoms with E-state index in [2.05, 4.69) is 9.71 Å². The molecular weight excluding hydrogens is 315 g/mol. The molecule has 1 aliphatic rings. The van der Waals surface area contributed by atoms with Crippen LogP contribution in [0.3, 0.4) is 0 Å². The van der Waals surface area contributed by atoms with Crippen LogP contribution in [0.25, 0.3) is 0 Å². The Morgan fingerprint density at radius 2 is 1.70 bits per heavy atom. The molecule has 6 heteroatoms. The summed E-state index contributed by atoms with van der Waals surface area (Å²) in [6, 6.07) is 3.65. The molecule has 1 atom stereocenters. The van der Waals surface area contributed by atoms with Crippen LogP contribution in [0.5, 0.6) is 0 Å². The van der Waals surface area contributed by atoms with Gasteiger partial charge in [0.2, 0.25) is 0 Å². The molecule has 0 aliphatic heterocycles. The zero-order chi connectivity index (χ0) is 15.0. The van der Waals surface area contributed by atoms with Crippen molar-refractivity contribution in [2.24, 2.45) is 0 Å². The summed E-state index contributed by atoms with van der Waals surface area (Å²) in [6.07, 6.45) is 4.08. The minimum atomic E-state index is -1.14. The van der Waals surface area contributed by atoms with Gasteiger partial charge in [0.25, 0.3) is 0 Å². The lowest BCUT2D eigenvalue weighted by molar-refractivity contribution is 0.396. The van der Waals surface area contributed by atoms with Crippen molar-refractivity contribution >= 4 is 34.6 Å². The van der Waals surface area contributed by atoms with Gasteiger partial charge in [-0.05, 0) is 51.3 Å². The average molecular weight is 335 g/mol. The third-order valence-electron chi connectivity index (χ3n) is 3.62. The molecule has 3 nitrogen and oxygen atoms in total. The van der Waals surface area contributed by atoms with Crippen molar-refractivity contribution in [1.29, 1.82) is 0 Å². The second kappa shape index (κ2) is 6.01. The molecule has 1 saturated carbocycles. The molecule has 0 amide bonds. The molecule has 2 rings (SSSR count). The highest BCUT2D eigenvalue weighted by Crippen LogP contribution is 2.41. The molecule has 0 radical (unpaired) electrons. The summed E-state index contributed by atoms with van der Waals surface area (Å²) in [6.45, 7) is 5.89. The fourth-order valence-electron chi connectivity index (χ4n) is 2.50. The van der Waals surface area contributed by atoms with E-state index in [1.54, 1.807) is 0 Å². The predicted octanol–water partition coefficient (Wildman–Crippen LogP) is 4.21. The monoisotopic (exact) mass is 334 g/mol. The largest absolute Gasteiger partial charge is 0.598 e. The summed E-state index contributed by atoms with van der Waals surface area (Å²) in [5.41, 5.74) is 0.673. The number of rotatable bonds is 3. The number of hydrogen-bond donors (Lipinski definition) is 1. The number of halogens is 2. The van der Waals surface area contributed by atoms with E-state index in [0.717, 1.165) is 31.2 Å². The molecule has 1 aromatic rings. The molecule has 0 aromatic carbocycles. The first-order valence-corrected chi connectivity index (χ1v) is 8.67. The smallest absolute Gasteiger partial charge is 0.136 e. The standard InChI is InChI=1S/C14H20Cl2N2OS/c1-13(2,3)20(19)18-14(6-4-5-7-14)10-8-11(15)17-12(16)9-10/h8-9,18H,4-7H2,1-3H3. The number of nitrogens with zero attached hydrogens (tertiary/aromatic N) is 1. The Bertz CT molecular complexity index is 464. The van der Waals surface area contributed by atoms with Crippen molar-refractivity contribution in [3.8, 4) is 0 Å². The molecule has 1 aliphatic carbocycles. The van der Waals surface area contributed by atoms with Gasteiger partial charge in [0.05, 0.1) is 5.54 Å². The van der Waals surface area contributed by atoms with Crippen molar-refractivity contribution < 1.29 is 4.55 Å². The third kappa shape index (κ3) is 3.60. The maximum atomic E-state index is 12.5. The second-order valence-corrected chi connectivity index (χ2v) is 9.01. The Hall–Kier alpha value is -0.0000000000000000555. The van der Waals surface area contributed by atoms with Crippen LogP contribution in [-0.2, 0) is 16.9 Å². The van der Waals surface area contributed by atoms with Gasteiger partial charge in [-0.3, -0.25) is 0 Å². The fraction of sp³-hybridized carbons (Fsp3) is 0.643. The van der Waals surface area contributed by atoms with E-state index in [9.17, 15) is 4.55 Å². The molecular formula is C14H20Cl2N2OS. The Morgan fingerprint density at radius 3 is 2.15 bits per heavy atom. The van der Waals surface area contributed by atoms with E-state index in [0.29, 0.717) is 10.3 Å². The molecule has 0 bridgehead atoms. The molecule has 0 spiro atoms. The molecule has 112 valence electrons. The summed E-state index contributed by atoms with van der Waals surface area (Å²) in [5.74, 6) is 0. The quantitative estimate of drug-likeness (QED) is 0.665. The lowest BCUT2D eigenvalue weighted by Gasteiger charge is -2.35. The molecule has 1 aromatic heterocycles. The Labute approximate surface area is 133 Å². The summed E-state index contributed by atoms with van der Waals surface area (Å²) in [7, 11) is 0. The summed E-state index contributed by atoms with van der Waals surface area (Å²) in [4.78, 5) is 3.99. The van der Waals surface area contributed by atoms with Crippen LogP contribution < -0.4 is 4.72 Å². The van der Waals surface area contributed by atoms with E-state index in [1.807, 2.05) is 32.9 Å². The number of pyridine rings is 1. The van der Waals surface area contributed by atoms with Gasteiger partial charge in [-0.1, -0.05) is 36.0 Å². The first-order valence-electron chi connectivity index (χ1n) is 6.76. The minimum absolute atomic E-state index is 0.309. The average Bonchev–Trinajstić information content (AvgIpc) is 2.76. The van der Waals surface area contributed by atoms with Gasteiger partial charge in [0.1, 0.15) is 15.1 Å². The van der Waals surface area contributed by atoms with Gasteiger partial charge in [0.15, 0.2) is 0 Å². The molecule has 1 N–H and O–H groups in total. The SMILES string of the molecule is CC(C)(C)[S+]([O-])NC1(c2cc(Cl)nc(Cl)c2)CCCC1. The number of aromatic nitrogens is 1. The van der Waals surface area contributed by atoms with E-state index in [-0.39, 0.29) is 10.3 Å². The van der Waals surface area contributed by atoms with Crippen molar-refractivity contribution in [2.75, 3.05) is 0 Å². The van der Waals surface area contributed by atoms with Crippen molar-refractivity contribution in [2.45, 2.75) is 56.7 Å². The van der Waals surface area contributed by atoms with Crippen molar-refractivity contribution in [3.63, 3.8) is 0 Å². The van der Waals surface area contributed by atoms with E-state index < -0.39 is 11.4 Å². The zero-order valence-electron chi connectivity index (χ0n) is 12.0. The van der Waals surface area contributed by atoms with E-state index in [1.165, 1.54) is 0 Å². The molecule has 0 saturated heterocycles. The topological polar surface area (TPSA) is 48.0 Å². The zero-order valence-corrected chi connectivity index (χ0v) is 14.3. The number of nitrogens with one attached hydrogen (secondary N) is 1. The van der Waals surface area contributed by atoms with E-state index in [4.69, 9.17) is 23.2 Å².